The summed E-state index contributed by atoms with van der Waals surface area (Å²) in [6, 6.07) is 11.0. The second-order valence-electron chi connectivity index (χ2n) is 5.00. The molecule has 0 bridgehead atoms. The highest BCUT2D eigenvalue weighted by atomic mass is 35.5. The van der Waals surface area contributed by atoms with Gasteiger partial charge >= 0.3 is 0 Å². The average molecular weight is 305 g/mol. The van der Waals surface area contributed by atoms with Crippen molar-refractivity contribution in [1.82, 2.24) is 10.2 Å². The number of rotatable bonds is 6. The molecule has 1 fully saturated rings. The van der Waals surface area contributed by atoms with Crippen molar-refractivity contribution in [3.05, 3.63) is 48.3 Å². The standard InChI is InChI=1S/C16H21ClN4/c17-13-18-8-9-19-14-20-16-6-10-21(11-7-16)12-15-4-2-1-3-5-15/h1-5,8-9,13-14,16H,6-7,10-12H2,(H,19,20)/b9-8-,18-13?. The van der Waals surface area contributed by atoms with Crippen LogP contribution in [-0.2, 0) is 6.54 Å². The van der Waals surface area contributed by atoms with Crippen molar-refractivity contribution >= 4 is 23.6 Å². The van der Waals surface area contributed by atoms with Crippen LogP contribution in [0.2, 0.25) is 0 Å². The Labute approximate surface area is 131 Å². The monoisotopic (exact) mass is 304 g/mol. The molecule has 1 aromatic rings. The summed E-state index contributed by atoms with van der Waals surface area (Å²) in [4.78, 5) is 10.7. The zero-order valence-electron chi connectivity index (χ0n) is 12.0. The molecule has 0 aromatic heterocycles. The first-order valence-electron chi connectivity index (χ1n) is 7.19. The van der Waals surface area contributed by atoms with Crippen LogP contribution >= 0.6 is 11.6 Å². The predicted molar refractivity (Wildman–Crippen MR) is 89.9 cm³/mol. The molecular formula is C16H21ClN4. The van der Waals surface area contributed by atoms with Gasteiger partial charge in [-0.2, -0.15) is 0 Å². The maximum Gasteiger partial charge on any atom is 0.0927 e. The molecule has 0 spiro atoms. The largest absolute Gasteiger partial charge is 0.352 e. The highest BCUT2D eigenvalue weighted by Gasteiger charge is 2.17. The highest BCUT2D eigenvalue weighted by Crippen LogP contribution is 2.15. The molecule has 1 aliphatic heterocycles. The second kappa shape index (κ2) is 9.32. The van der Waals surface area contributed by atoms with Gasteiger partial charge in [0.1, 0.15) is 0 Å². The lowest BCUT2D eigenvalue weighted by Crippen LogP contribution is -2.35. The molecule has 5 heteroatoms. The maximum atomic E-state index is 5.30. The predicted octanol–water partition coefficient (Wildman–Crippen LogP) is 3.01. The first-order valence-corrected chi connectivity index (χ1v) is 7.63. The van der Waals surface area contributed by atoms with Gasteiger partial charge in [0.2, 0.25) is 0 Å². The molecule has 2 rings (SSSR count). The third-order valence-electron chi connectivity index (χ3n) is 3.48. The molecule has 1 aliphatic rings. The third kappa shape index (κ3) is 6.10. The van der Waals surface area contributed by atoms with Gasteiger partial charge in [0.15, 0.2) is 0 Å². The van der Waals surface area contributed by atoms with Gasteiger partial charge in [-0.3, -0.25) is 14.9 Å². The number of aliphatic imine (C=N–C) groups is 2. The molecule has 0 unspecified atom stereocenters. The number of benzene rings is 1. The van der Waals surface area contributed by atoms with Crippen LogP contribution in [-0.4, -0.2) is 36.0 Å². The van der Waals surface area contributed by atoms with Gasteiger partial charge in [0.05, 0.1) is 18.1 Å². The fourth-order valence-electron chi connectivity index (χ4n) is 2.38. The summed E-state index contributed by atoms with van der Waals surface area (Å²) in [5.74, 6) is 0. The minimum Gasteiger partial charge on any atom is -0.352 e. The summed E-state index contributed by atoms with van der Waals surface area (Å²) < 4.78 is 0. The number of nitrogens with zero attached hydrogens (tertiary/aromatic N) is 3. The van der Waals surface area contributed by atoms with Crippen LogP contribution in [0.3, 0.4) is 0 Å². The summed E-state index contributed by atoms with van der Waals surface area (Å²) in [6.07, 6.45) is 7.23. The highest BCUT2D eigenvalue weighted by molar-refractivity contribution is 6.56. The lowest BCUT2D eigenvalue weighted by molar-refractivity contribution is 0.206. The van der Waals surface area contributed by atoms with Crippen molar-refractivity contribution in [2.24, 2.45) is 9.98 Å². The van der Waals surface area contributed by atoms with E-state index in [0.717, 1.165) is 32.5 Å². The number of hydrogen-bond donors (Lipinski definition) is 1. The van der Waals surface area contributed by atoms with Gasteiger partial charge in [0.25, 0.3) is 0 Å². The van der Waals surface area contributed by atoms with E-state index >= 15 is 0 Å². The average Bonchev–Trinajstić information content (AvgIpc) is 2.53. The summed E-state index contributed by atoms with van der Waals surface area (Å²) in [5, 5.41) is 2.96. The van der Waals surface area contributed by atoms with Gasteiger partial charge in [-0.05, 0) is 18.4 Å². The summed E-state index contributed by atoms with van der Waals surface area (Å²) in [5.41, 5.74) is 2.60. The van der Waals surface area contributed by atoms with Crippen molar-refractivity contribution in [2.75, 3.05) is 13.1 Å². The molecule has 0 aliphatic carbocycles. The van der Waals surface area contributed by atoms with Gasteiger partial charge in [-0.15, -0.1) is 0 Å². The van der Waals surface area contributed by atoms with Crippen LogP contribution in [0.25, 0.3) is 0 Å². The quantitative estimate of drug-likeness (QED) is 0.648. The van der Waals surface area contributed by atoms with Crippen LogP contribution in [0.1, 0.15) is 18.4 Å². The van der Waals surface area contributed by atoms with Gasteiger partial charge in [0, 0.05) is 32.0 Å². The van der Waals surface area contributed by atoms with E-state index in [-0.39, 0.29) is 0 Å². The molecule has 0 amide bonds. The molecule has 1 heterocycles. The third-order valence-corrected chi connectivity index (χ3v) is 3.59. The molecule has 1 aromatic carbocycles. The Balaban J connectivity index is 1.67. The summed E-state index contributed by atoms with van der Waals surface area (Å²) in [6.45, 7) is 3.24. The maximum absolute atomic E-state index is 5.30. The first kappa shape index (κ1) is 15.7. The zero-order chi connectivity index (χ0) is 14.8. The SMILES string of the molecule is ClC=N/C=C\NC=NC1CCN(Cc2ccccc2)CC1. The topological polar surface area (TPSA) is 40.0 Å². The van der Waals surface area contributed by atoms with Crippen LogP contribution in [0.4, 0.5) is 0 Å². The van der Waals surface area contributed by atoms with Crippen LogP contribution in [0.15, 0.2) is 52.7 Å². The van der Waals surface area contributed by atoms with Gasteiger partial charge in [-0.25, -0.2) is 0 Å². The van der Waals surface area contributed by atoms with Crippen LogP contribution < -0.4 is 5.32 Å². The molecule has 21 heavy (non-hydrogen) atoms. The van der Waals surface area contributed by atoms with Gasteiger partial charge < -0.3 is 5.32 Å². The van der Waals surface area contributed by atoms with Crippen LogP contribution in [0, 0.1) is 0 Å². The fourth-order valence-corrected chi connectivity index (χ4v) is 2.44. The molecule has 0 atom stereocenters. The molecule has 1 saturated heterocycles. The lowest BCUT2D eigenvalue weighted by Gasteiger charge is -2.30. The van der Waals surface area contributed by atoms with E-state index in [4.69, 9.17) is 11.6 Å². The summed E-state index contributed by atoms with van der Waals surface area (Å²) in [7, 11) is 0. The Kier molecular flexibility index (Phi) is 6.98. The van der Waals surface area contributed by atoms with E-state index < -0.39 is 0 Å². The number of likely N-dealkylation sites (tertiary alicyclic amines) is 1. The lowest BCUT2D eigenvalue weighted by atomic mass is 10.1. The van der Waals surface area contributed by atoms with E-state index in [1.807, 2.05) is 0 Å². The molecular weight excluding hydrogens is 284 g/mol. The van der Waals surface area contributed by atoms with Crippen molar-refractivity contribution in [3.8, 4) is 0 Å². The first-order chi connectivity index (χ1) is 10.4. The van der Waals surface area contributed by atoms with E-state index in [1.54, 1.807) is 18.7 Å². The smallest absolute Gasteiger partial charge is 0.0927 e. The van der Waals surface area contributed by atoms with E-state index in [9.17, 15) is 0 Å². The van der Waals surface area contributed by atoms with Crippen molar-refractivity contribution < 1.29 is 0 Å². The second-order valence-corrected chi connectivity index (χ2v) is 5.20. The Hall–Kier alpha value is -1.65. The molecule has 0 saturated carbocycles. The van der Waals surface area contributed by atoms with E-state index in [0.29, 0.717) is 6.04 Å². The minimum atomic E-state index is 0.412. The summed E-state index contributed by atoms with van der Waals surface area (Å²) >= 11 is 5.30. The van der Waals surface area contributed by atoms with Crippen LogP contribution in [0.5, 0.6) is 0 Å². The fraction of sp³-hybridized carbons (Fsp3) is 0.375. The molecule has 4 nitrogen and oxygen atoms in total. The normalized spacial score (nSPS) is 18.1. The van der Waals surface area contributed by atoms with Gasteiger partial charge in [-0.1, -0.05) is 41.9 Å². The number of nitrogens with one attached hydrogen (secondary N) is 1. The number of halogens is 1. The van der Waals surface area contributed by atoms with E-state index in [1.165, 1.54) is 11.2 Å². The van der Waals surface area contributed by atoms with E-state index in [2.05, 4.69) is 50.5 Å². The Morgan fingerprint density at radius 2 is 2.00 bits per heavy atom. The van der Waals surface area contributed by atoms with Crippen molar-refractivity contribution in [3.63, 3.8) is 0 Å². The Morgan fingerprint density at radius 3 is 2.71 bits per heavy atom. The molecule has 0 radical (unpaired) electrons. The Bertz CT molecular complexity index is 476. The Morgan fingerprint density at radius 1 is 1.24 bits per heavy atom. The molecule has 1 N–H and O–H groups in total. The van der Waals surface area contributed by atoms with Crippen molar-refractivity contribution in [1.29, 1.82) is 0 Å². The van der Waals surface area contributed by atoms with Crippen molar-refractivity contribution in [2.45, 2.75) is 25.4 Å². The zero-order valence-corrected chi connectivity index (χ0v) is 12.8. The number of piperidine rings is 1. The molecule has 112 valence electrons. The minimum absolute atomic E-state index is 0.412. The number of hydrogen-bond acceptors (Lipinski definition) is 3.